The number of nitrogens with zero attached hydrogens (tertiary/aromatic N) is 1. The van der Waals surface area contributed by atoms with Crippen LogP contribution in [0, 0.1) is 31.1 Å². The summed E-state index contributed by atoms with van der Waals surface area (Å²) in [4.78, 5) is 22.9. The lowest BCUT2D eigenvalue weighted by atomic mass is 10.2. The first-order valence-corrected chi connectivity index (χ1v) is 6.70. The average Bonchev–Trinajstić information content (AvgIpc) is 3.19. The zero-order valence-corrected chi connectivity index (χ0v) is 11.9. The van der Waals surface area contributed by atoms with Crippen LogP contribution >= 0.6 is 0 Å². The number of carbonyl (C=O) groups is 2. The molecule has 7 heteroatoms. The number of aliphatic carboxylic acids is 1. The second-order valence-electron chi connectivity index (χ2n) is 5.18. The lowest BCUT2D eigenvalue weighted by molar-refractivity contribution is -0.140. The molecular formula is C14H17N3O4. The number of rotatable bonds is 6. The second-order valence-corrected chi connectivity index (χ2v) is 5.18. The van der Waals surface area contributed by atoms with Crippen molar-refractivity contribution in [3.8, 4) is 6.07 Å². The highest BCUT2D eigenvalue weighted by molar-refractivity contribution is 5.92. The zero-order valence-electron chi connectivity index (χ0n) is 11.9. The first-order chi connectivity index (χ1) is 9.93. The number of amides is 1. The summed E-state index contributed by atoms with van der Waals surface area (Å²) >= 11 is 0. The number of hydrogen-bond acceptors (Lipinski definition) is 5. The minimum atomic E-state index is -0.951. The summed E-state index contributed by atoms with van der Waals surface area (Å²) in [6.07, 6.45) is 1.72. The first kappa shape index (κ1) is 15.1. The number of hydrogen-bond donors (Lipinski definition) is 3. The molecule has 0 aromatic carbocycles. The predicted octanol–water partition coefficient (Wildman–Crippen LogP) is 1.16. The Bertz CT molecular complexity index is 610. The molecule has 1 aliphatic rings. The highest BCUT2D eigenvalue weighted by atomic mass is 16.4. The fourth-order valence-corrected chi connectivity index (χ4v) is 2.11. The van der Waals surface area contributed by atoms with Gasteiger partial charge in [-0.1, -0.05) is 0 Å². The molecule has 0 radical (unpaired) electrons. The normalized spacial score (nSPS) is 15.3. The number of anilines is 1. The van der Waals surface area contributed by atoms with E-state index in [1.54, 1.807) is 13.8 Å². The Kier molecular flexibility index (Phi) is 4.29. The van der Waals surface area contributed by atoms with Gasteiger partial charge in [-0.05, 0) is 32.6 Å². The molecule has 1 saturated carbocycles. The van der Waals surface area contributed by atoms with Crippen molar-refractivity contribution in [3.05, 3.63) is 16.9 Å². The van der Waals surface area contributed by atoms with Crippen LogP contribution in [0.25, 0.3) is 0 Å². The SMILES string of the molecule is Cc1oc(NC(=O)CNC(C(=O)O)C2CC2)c(C#N)c1C. The summed E-state index contributed by atoms with van der Waals surface area (Å²) < 4.78 is 5.32. The van der Waals surface area contributed by atoms with Crippen molar-refractivity contribution < 1.29 is 19.1 Å². The Labute approximate surface area is 121 Å². The predicted molar refractivity (Wildman–Crippen MR) is 73.7 cm³/mol. The molecule has 1 atom stereocenters. The zero-order chi connectivity index (χ0) is 15.6. The van der Waals surface area contributed by atoms with Crippen LogP contribution in [-0.4, -0.2) is 29.6 Å². The van der Waals surface area contributed by atoms with Gasteiger partial charge in [0.25, 0.3) is 0 Å². The third-order valence-corrected chi connectivity index (χ3v) is 3.59. The molecule has 112 valence electrons. The summed E-state index contributed by atoms with van der Waals surface area (Å²) in [5.74, 6) is -0.619. The first-order valence-electron chi connectivity index (χ1n) is 6.70. The van der Waals surface area contributed by atoms with E-state index in [1.165, 1.54) is 0 Å². The van der Waals surface area contributed by atoms with Crippen LogP contribution in [0.15, 0.2) is 4.42 Å². The van der Waals surface area contributed by atoms with Crippen molar-refractivity contribution in [1.82, 2.24) is 5.32 Å². The van der Waals surface area contributed by atoms with Crippen molar-refractivity contribution >= 4 is 17.8 Å². The van der Waals surface area contributed by atoms with Crippen molar-refractivity contribution in [2.45, 2.75) is 32.7 Å². The molecule has 0 spiro atoms. The van der Waals surface area contributed by atoms with Crippen LogP contribution in [0.2, 0.25) is 0 Å². The molecule has 1 amide bonds. The molecule has 1 heterocycles. The van der Waals surface area contributed by atoms with Gasteiger partial charge in [0.05, 0.1) is 6.54 Å². The van der Waals surface area contributed by atoms with Gasteiger partial charge in [0.1, 0.15) is 23.4 Å². The molecule has 0 bridgehead atoms. The summed E-state index contributed by atoms with van der Waals surface area (Å²) in [6, 6.07) is 1.28. The van der Waals surface area contributed by atoms with Gasteiger partial charge in [0.2, 0.25) is 11.8 Å². The summed E-state index contributed by atoms with van der Waals surface area (Å²) in [5.41, 5.74) is 0.972. The lowest BCUT2D eigenvalue weighted by Gasteiger charge is -2.12. The average molecular weight is 291 g/mol. The van der Waals surface area contributed by atoms with Gasteiger partial charge >= 0.3 is 5.97 Å². The smallest absolute Gasteiger partial charge is 0.320 e. The van der Waals surface area contributed by atoms with E-state index in [9.17, 15) is 9.59 Å². The van der Waals surface area contributed by atoms with Crippen LogP contribution in [0.1, 0.15) is 29.7 Å². The van der Waals surface area contributed by atoms with Crippen molar-refractivity contribution in [3.63, 3.8) is 0 Å². The molecule has 0 aliphatic heterocycles. The third kappa shape index (κ3) is 3.41. The minimum Gasteiger partial charge on any atom is -0.480 e. The third-order valence-electron chi connectivity index (χ3n) is 3.59. The summed E-state index contributed by atoms with van der Waals surface area (Å²) in [5, 5.41) is 23.3. The fourth-order valence-electron chi connectivity index (χ4n) is 2.11. The number of carboxylic acids is 1. The standard InChI is InChI=1S/C14H17N3O4/c1-7-8(2)21-13(10(7)5-15)17-11(18)6-16-12(14(19)20)9-3-4-9/h9,12,16H,3-4,6H2,1-2H3,(H,17,18)(H,19,20). The second kappa shape index (κ2) is 5.97. The van der Waals surface area contributed by atoms with E-state index in [1.807, 2.05) is 6.07 Å². The lowest BCUT2D eigenvalue weighted by Crippen LogP contribution is -2.42. The van der Waals surface area contributed by atoms with Crippen LogP contribution in [-0.2, 0) is 9.59 Å². The van der Waals surface area contributed by atoms with Crippen molar-refractivity contribution in [1.29, 1.82) is 5.26 Å². The number of nitrogens with one attached hydrogen (secondary N) is 2. The van der Waals surface area contributed by atoms with Crippen molar-refractivity contribution in [2.75, 3.05) is 11.9 Å². The van der Waals surface area contributed by atoms with Gasteiger partial charge in [-0.2, -0.15) is 5.26 Å². The Hall–Kier alpha value is -2.33. The van der Waals surface area contributed by atoms with Crippen molar-refractivity contribution in [2.24, 2.45) is 5.92 Å². The molecule has 1 aliphatic carbocycles. The summed E-state index contributed by atoms with van der Waals surface area (Å²) in [6.45, 7) is 3.30. The molecular weight excluding hydrogens is 274 g/mol. The molecule has 2 rings (SSSR count). The Morgan fingerprint density at radius 2 is 2.14 bits per heavy atom. The number of aryl methyl sites for hydroxylation is 1. The topological polar surface area (TPSA) is 115 Å². The molecule has 1 fully saturated rings. The molecule has 1 aromatic rings. The van der Waals surface area contributed by atoms with Crippen LogP contribution < -0.4 is 10.6 Å². The van der Waals surface area contributed by atoms with Gasteiger partial charge in [0.15, 0.2) is 0 Å². The van der Waals surface area contributed by atoms with E-state index >= 15 is 0 Å². The highest BCUT2D eigenvalue weighted by Crippen LogP contribution is 2.32. The minimum absolute atomic E-state index is 0.0954. The quantitative estimate of drug-likeness (QED) is 0.724. The molecule has 3 N–H and O–H groups in total. The van der Waals surface area contributed by atoms with E-state index in [0.29, 0.717) is 11.3 Å². The van der Waals surface area contributed by atoms with Crippen LogP contribution in [0.5, 0.6) is 0 Å². The van der Waals surface area contributed by atoms with E-state index in [-0.39, 0.29) is 23.9 Å². The number of carbonyl (C=O) groups excluding carboxylic acids is 1. The molecule has 1 aromatic heterocycles. The van der Waals surface area contributed by atoms with Crippen LogP contribution in [0.4, 0.5) is 5.88 Å². The van der Waals surface area contributed by atoms with Gasteiger partial charge < -0.3 is 9.52 Å². The maximum Gasteiger partial charge on any atom is 0.320 e. The molecule has 7 nitrogen and oxygen atoms in total. The van der Waals surface area contributed by atoms with Gasteiger partial charge in [-0.25, -0.2) is 0 Å². The number of nitriles is 1. The Morgan fingerprint density at radius 3 is 2.67 bits per heavy atom. The number of furan rings is 1. The van der Waals surface area contributed by atoms with E-state index < -0.39 is 17.9 Å². The van der Waals surface area contributed by atoms with E-state index in [0.717, 1.165) is 12.8 Å². The Morgan fingerprint density at radius 1 is 1.48 bits per heavy atom. The highest BCUT2D eigenvalue weighted by Gasteiger charge is 2.36. The molecule has 1 unspecified atom stereocenters. The van der Waals surface area contributed by atoms with Crippen LogP contribution in [0.3, 0.4) is 0 Å². The summed E-state index contributed by atoms with van der Waals surface area (Å²) in [7, 11) is 0. The van der Waals surface area contributed by atoms with E-state index in [2.05, 4.69) is 10.6 Å². The monoisotopic (exact) mass is 291 g/mol. The van der Waals surface area contributed by atoms with E-state index in [4.69, 9.17) is 14.8 Å². The maximum atomic E-state index is 11.8. The van der Waals surface area contributed by atoms with Gasteiger partial charge in [-0.15, -0.1) is 0 Å². The number of carboxylic acid groups (broad SMARTS) is 1. The molecule has 0 saturated heterocycles. The largest absolute Gasteiger partial charge is 0.480 e. The maximum absolute atomic E-state index is 11.8. The van der Waals surface area contributed by atoms with Gasteiger partial charge in [-0.3, -0.25) is 20.2 Å². The van der Waals surface area contributed by atoms with Gasteiger partial charge in [0, 0.05) is 5.56 Å². The molecule has 21 heavy (non-hydrogen) atoms. The fraction of sp³-hybridized carbons (Fsp3) is 0.500. The Balaban J connectivity index is 1.94.